The quantitative estimate of drug-likeness (QED) is 0.857. The van der Waals surface area contributed by atoms with Gasteiger partial charge in [-0.15, -0.1) is 0 Å². The van der Waals surface area contributed by atoms with Crippen molar-refractivity contribution in [2.45, 2.75) is 19.7 Å². The summed E-state index contributed by atoms with van der Waals surface area (Å²) in [7, 11) is 0. The van der Waals surface area contributed by atoms with E-state index in [4.69, 9.17) is 10.5 Å². The molecule has 2 aromatic rings. The standard InChI is InChI=1S/C15H14F3NO/c1-10-8-11(2-7-14(10)19)9-20-13-5-3-12(4-6-13)15(16,17)18/h2-8H,9,19H2,1H3. The average Bonchev–Trinajstić information content (AvgIpc) is 2.40. The van der Waals surface area contributed by atoms with Gasteiger partial charge in [-0.05, 0) is 48.4 Å². The van der Waals surface area contributed by atoms with E-state index in [1.807, 2.05) is 19.1 Å². The normalized spacial score (nSPS) is 11.4. The van der Waals surface area contributed by atoms with Gasteiger partial charge in [0.05, 0.1) is 5.56 Å². The van der Waals surface area contributed by atoms with Gasteiger partial charge in [-0.25, -0.2) is 0 Å². The van der Waals surface area contributed by atoms with Gasteiger partial charge < -0.3 is 10.5 Å². The van der Waals surface area contributed by atoms with Crippen LogP contribution in [0.5, 0.6) is 5.75 Å². The van der Waals surface area contributed by atoms with Crippen molar-refractivity contribution in [1.82, 2.24) is 0 Å². The maximum Gasteiger partial charge on any atom is 0.416 e. The molecule has 0 saturated carbocycles. The lowest BCUT2D eigenvalue weighted by molar-refractivity contribution is -0.137. The Kier molecular flexibility index (Phi) is 3.88. The van der Waals surface area contributed by atoms with E-state index in [-0.39, 0.29) is 6.61 Å². The first kappa shape index (κ1) is 14.2. The van der Waals surface area contributed by atoms with Crippen LogP contribution in [-0.2, 0) is 12.8 Å². The second kappa shape index (κ2) is 5.45. The molecular formula is C15H14F3NO. The third-order valence-corrected chi connectivity index (χ3v) is 2.92. The Morgan fingerprint density at radius 1 is 1.05 bits per heavy atom. The van der Waals surface area contributed by atoms with Gasteiger partial charge in [0.2, 0.25) is 0 Å². The molecule has 0 aliphatic rings. The van der Waals surface area contributed by atoms with Crippen molar-refractivity contribution in [3.8, 4) is 5.75 Å². The van der Waals surface area contributed by atoms with E-state index in [1.165, 1.54) is 12.1 Å². The van der Waals surface area contributed by atoms with Crippen molar-refractivity contribution in [2.24, 2.45) is 0 Å². The Morgan fingerprint density at radius 2 is 1.70 bits per heavy atom. The van der Waals surface area contributed by atoms with Gasteiger partial charge in [-0.2, -0.15) is 13.2 Å². The Balaban J connectivity index is 2.02. The number of nitrogens with two attached hydrogens (primary N) is 1. The third-order valence-electron chi connectivity index (χ3n) is 2.92. The number of aryl methyl sites for hydroxylation is 1. The predicted molar refractivity (Wildman–Crippen MR) is 71.4 cm³/mol. The molecule has 0 unspecified atom stereocenters. The Morgan fingerprint density at radius 3 is 2.25 bits per heavy atom. The van der Waals surface area contributed by atoms with E-state index >= 15 is 0 Å². The zero-order chi connectivity index (χ0) is 14.8. The van der Waals surface area contributed by atoms with Crippen LogP contribution < -0.4 is 10.5 Å². The first-order valence-corrected chi connectivity index (χ1v) is 6.01. The van der Waals surface area contributed by atoms with Crippen molar-refractivity contribution in [2.75, 3.05) is 5.73 Å². The lowest BCUT2D eigenvalue weighted by Crippen LogP contribution is -2.04. The number of ether oxygens (including phenoxy) is 1. The minimum Gasteiger partial charge on any atom is -0.489 e. The number of alkyl halides is 3. The summed E-state index contributed by atoms with van der Waals surface area (Å²) in [4.78, 5) is 0. The van der Waals surface area contributed by atoms with Gasteiger partial charge >= 0.3 is 6.18 Å². The molecule has 0 heterocycles. The van der Waals surface area contributed by atoms with Crippen LogP contribution in [0.15, 0.2) is 42.5 Å². The summed E-state index contributed by atoms with van der Waals surface area (Å²) in [5.41, 5.74) is 7.57. The molecule has 2 aromatic carbocycles. The minimum absolute atomic E-state index is 0.284. The Hall–Kier alpha value is -2.17. The molecule has 0 amide bonds. The predicted octanol–water partition coefficient (Wildman–Crippen LogP) is 4.18. The molecule has 0 saturated heterocycles. The van der Waals surface area contributed by atoms with Crippen molar-refractivity contribution >= 4 is 5.69 Å². The van der Waals surface area contributed by atoms with Crippen molar-refractivity contribution in [3.63, 3.8) is 0 Å². The second-order valence-corrected chi connectivity index (χ2v) is 4.50. The number of anilines is 1. The highest BCUT2D eigenvalue weighted by molar-refractivity contribution is 5.47. The van der Waals surface area contributed by atoms with E-state index in [0.29, 0.717) is 11.4 Å². The van der Waals surface area contributed by atoms with Crippen LogP contribution in [0.4, 0.5) is 18.9 Å². The van der Waals surface area contributed by atoms with Gasteiger partial charge in [-0.3, -0.25) is 0 Å². The molecule has 0 bridgehead atoms. The topological polar surface area (TPSA) is 35.2 Å². The van der Waals surface area contributed by atoms with Crippen molar-refractivity contribution < 1.29 is 17.9 Å². The first-order chi connectivity index (χ1) is 9.36. The smallest absolute Gasteiger partial charge is 0.416 e. The number of rotatable bonds is 3. The number of halogens is 3. The highest BCUT2D eigenvalue weighted by Gasteiger charge is 2.29. The van der Waals surface area contributed by atoms with E-state index in [0.717, 1.165) is 23.3 Å². The van der Waals surface area contributed by atoms with Crippen LogP contribution in [0.3, 0.4) is 0 Å². The largest absolute Gasteiger partial charge is 0.489 e. The van der Waals surface area contributed by atoms with E-state index in [9.17, 15) is 13.2 Å². The zero-order valence-corrected chi connectivity index (χ0v) is 10.9. The molecule has 0 aromatic heterocycles. The fourth-order valence-corrected chi connectivity index (χ4v) is 1.73. The molecule has 0 aliphatic heterocycles. The molecule has 2 N–H and O–H groups in total. The molecule has 0 radical (unpaired) electrons. The summed E-state index contributed by atoms with van der Waals surface area (Å²) in [5, 5.41) is 0. The molecular weight excluding hydrogens is 267 g/mol. The van der Waals surface area contributed by atoms with Gasteiger partial charge in [0.25, 0.3) is 0 Å². The van der Waals surface area contributed by atoms with Crippen LogP contribution in [-0.4, -0.2) is 0 Å². The number of benzene rings is 2. The van der Waals surface area contributed by atoms with Crippen LogP contribution >= 0.6 is 0 Å². The van der Waals surface area contributed by atoms with Gasteiger partial charge in [0.1, 0.15) is 12.4 Å². The molecule has 5 heteroatoms. The molecule has 2 rings (SSSR count). The number of hydrogen-bond acceptors (Lipinski definition) is 2. The minimum atomic E-state index is -4.33. The summed E-state index contributed by atoms with van der Waals surface area (Å²) in [6, 6.07) is 10.1. The van der Waals surface area contributed by atoms with Gasteiger partial charge in [-0.1, -0.05) is 12.1 Å². The molecule has 0 atom stereocenters. The van der Waals surface area contributed by atoms with Gasteiger partial charge in [0.15, 0.2) is 0 Å². The lowest BCUT2D eigenvalue weighted by atomic mass is 10.1. The van der Waals surface area contributed by atoms with E-state index < -0.39 is 11.7 Å². The lowest BCUT2D eigenvalue weighted by Gasteiger charge is -2.10. The summed E-state index contributed by atoms with van der Waals surface area (Å²) < 4.78 is 42.6. The maximum atomic E-state index is 12.4. The number of hydrogen-bond donors (Lipinski definition) is 1. The molecule has 2 nitrogen and oxygen atoms in total. The van der Waals surface area contributed by atoms with Crippen LogP contribution in [0.25, 0.3) is 0 Å². The van der Waals surface area contributed by atoms with Crippen LogP contribution in [0.2, 0.25) is 0 Å². The molecule has 0 spiro atoms. The highest BCUT2D eigenvalue weighted by Crippen LogP contribution is 2.30. The van der Waals surface area contributed by atoms with Crippen molar-refractivity contribution in [1.29, 1.82) is 0 Å². The Labute approximate surface area is 115 Å². The maximum absolute atomic E-state index is 12.4. The zero-order valence-electron chi connectivity index (χ0n) is 10.9. The summed E-state index contributed by atoms with van der Waals surface area (Å²) in [6.45, 7) is 2.17. The molecule has 20 heavy (non-hydrogen) atoms. The highest BCUT2D eigenvalue weighted by atomic mass is 19.4. The summed E-state index contributed by atoms with van der Waals surface area (Å²) in [5.74, 6) is 0.396. The first-order valence-electron chi connectivity index (χ1n) is 6.01. The van der Waals surface area contributed by atoms with Gasteiger partial charge in [0, 0.05) is 5.69 Å². The molecule has 106 valence electrons. The number of nitrogen functional groups attached to an aromatic ring is 1. The van der Waals surface area contributed by atoms with Crippen LogP contribution in [0, 0.1) is 6.92 Å². The third kappa shape index (κ3) is 3.44. The van der Waals surface area contributed by atoms with Crippen LogP contribution in [0.1, 0.15) is 16.7 Å². The fraction of sp³-hybridized carbons (Fsp3) is 0.200. The summed E-state index contributed by atoms with van der Waals surface area (Å²) >= 11 is 0. The van der Waals surface area contributed by atoms with E-state index in [2.05, 4.69) is 0 Å². The second-order valence-electron chi connectivity index (χ2n) is 4.50. The fourth-order valence-electron chi connectivity index (χ4n) is 1.73. The summed E-state index contributed by atoms with van der Waals surface area (Å²) in [6.07, 6.45) is -4.33. The van der Waals surface area contributed by atoms with E-state index in [1.54, 1.807) is 6.07 Å². The monoisotopic (exact) mass is 281 g/mol. The molecule has 0 aliphatic carbocycles. The molecule has 0 fully saturated rings. The SMILES string of the molecule is Cc1cc(COc2ccc(C(F)(F)F)cc2)ccc1N. The average molecular weight is 281 g/mol. The van der Waals surface area contributed by atoms with Crippen molar-refractivity contribution in [3.05, 3.63) is 59.2 Å². The Bertz CT molecular complexity index is 591.